The first-order valence-corrected chi connectivity index (χ1v) is 16.7. The number of aromatic nitrogens is 1. The first-order valence-electron chi connectivity index (χ1n) is 16.7. The van der Waals surface area contributed by atoms with Crippen LogP contribution in [0.4, 0.5) is 17.1 Å². The third-order valence-corrected chi connectivity index (χ3v) is 9.74. The van der Waals surface area contributed by atoms with Crippen LogP contribution in [-0.2, 0) is 0 Å². The predicted molar refractivity (Wildman–Crippen MR) is 206 cm³/mol. The van der Waals surface area contributed by atoms with E-state index in [2.05, 4.69) is 179 Å². The summed E-state index contributed by atoms with van der Waals surface area (Å²) in [6.45, 7) is 0. The molecule has 0 atom stereocenters. The maximum atomic E-state index is 6.45. The Morgan fingerprint density at radius 1 is 0.408 bits per heavy atom. The maximum absolute atomic E-state index is 6.45. The van der Waals surface area contributed by atoms with Gasteiger partial charge in [-0.25, -0.2) is 0 Å². The van der Waals surface area contributed by atoms with Gasteiger partial charge in [-0.05, 0) is 77.2 Å². The minimum Gasteiger partial charge on any atom is -0.456 e. The molecule has 0 fully saturated rings. The van der Waals surface area contributed by atoms with E-state index in [1.807, 2.05) is 12.1 Å². The van der Waals surface area contributed by atoms with Crippen molar-refractivity contribution in [2.45, 2.75) is 0 Å². The molecule has 3 heteroatoms. The van der Waals surface area contributed by atoms with Gasteiger partial charge in [-0.15, -0.1) is 0 Å². The van der Waals surface area contributed by atoms with Crippen LogP contribution in [0.3, 0.4) is 0 Å². The molecular formula is C46H30N2O. The van der Waals surface area contributed by atoms with Crippen molar-refractivity contribution in [2.24, 2.45) is 0 Å². The van der Waals surface area contributed by atoms with Crippen molar-refractivity contribution in [3.63, 3.8) is 0 Å². The van der Waals surface area contributed by atoms with Crippen molar-refractivity contribution in [2.75, 3.05) is 4.90 Å². The molecule has 0 aliphatic heterocycles. The first-order chi connectivity index (χ1) is 24.3. The third-order valence-electron chi connectivity index (χ3n) is 9.74. The lowest BCUT2D eigenvalue weighted by atomic mass is 10.0. The SMILES string of the molecule is c1ccc(-c2cccc(N(c3cccc4cc5c(cc34)oc3ccccc35)c3cccc4c5ccccc5n(-c5ccccc5)c34)c2)cc1. The summed E-state index contributed by atoms with van der Waals surface area (Å²) in [5, 5.41) is 6.98. The Morgan fingerprint density at radius 2 is 1.08 bits per heavy atom. The van der Waals surface area contributed by atoms with E-state index in [0.29, 0.717) is 0 Å². The second-order valence-electron chi connectivity index (χ2n) is 12.6. The second kappa shape index (κ2) is 11.0. The Hall–Kier alpha value is -6.58. The van der Waals surface area contributed by atoms with Gasteiger partial charge in [-0.3, -0.25) is 0 Å². The van der Waals surface area contributed by atoms with Gasteiger partial charge in [0.05, 0.1) is 22.4 Å². The van der Waals surface area contributed by atoms with Crippen LogP contribution in [0, 0.1) is 0 Å². The monoisotopic (exact) mass is 626 g/mol. The number of rotatable bonds is 5. The van der Waals surface area contributed by atoms with Crippen molar-refractivity contribution < 1.29 is 4.42 Å². The number of para-hydroxylation sites is 4. The van der Waals surface area contributed by atoms with Gasteiger partial charge in [0.25, 0.3) is 0 Å². The normalized spacial score (nSPS) is 11.7. The molecule has 0 saturated carbocycles. The Balaban J connectivity index is 1.32. The molecular weight excluding hydrogens is 597 g/mol. The minimum atomic E-state index is 0.885. The molecule has 0 spiro atoms. The molecule has 0 bridgehead atoms. The van der Waals surface area contributed by atoms with E-state index in [-0.39, 0.29) is 0 Å². The molecule has 0 aliphatic carbocycles. The molecule has 230 valence electrons. The highest BCUT2D eigenvalue weighted by molar-refractivity contribution is 6.17. The molecule has 10 rings (SSSR count). The molecule has 2 heterocycles. The molecule has 0 N–H and O–H groups in total. The van der Waals surface area contributed by atoms with Gasteiger partial charge in [-0.1, -0.05) is 121 Å². The Morgan fingerprint density at radius 3 is 1.96 bits per heavy atom. The number of fused-ring (bicyclic) bond motifs is 7. The van der Waals surface area contributed by atoms with Crippen LogP contribution >= 0.6 is 0 Å². The first kappa shape index (κ1) is 27.5. The summed E-state index contributed by atoms with van der Waals surface area (Å²) in [7, 11) is 0. The van der Waals surface area contributed by atoms with Crippen LogP contribution < -0.4 is 4.90 Å². The second-order valence-corrected chi connectivity index (χ2v) is 12.6. The zero-order chi connectivity index (χ0) is 32.3. The lowest BCUT2D eigenvalue weighted by molar-refractivity contribution is 0.669. The third kappa shape index (κ3) is 4.37. The fourth-order valence-corrected chi connectivity index (χ4v) is 7.56. The fraction of sp³-hybridized carbons (Fsp3) is 0. The number of benzene rings is 8. The average Bonchev–Trinajstić information content (AvgIpc) is 3.71. The zero-order valence-electron chi connectivity index (χ0n) is 26.6. The smallest absolute Gasteiger partial charge is 0.136 e. The van der Waals surface area contributed by atoms with Crippen molar-refractivity contribution in [1.82, 2.24) is 4.57 Å². The molecule has 8 aromatic carbocycles. The Kier molecular flexibility index (Phi) is 6.18. The molecule has 0 unspecified atom stereocenters. The number of hydrogen-bond donors (Lipinski definition) is 0. The Labute approximate surface area is 283 Å². The van der Waals surface area contributed by atoms with Gasteiger partial charge in [0, 0.05) is 38.3 Å². The lowest BCUT2D eigenvalue weighted by Crippen LogP contribution is -2.12. The summed E-state index contributed by atoms with van der Waals surface area (Å²) < 4.78 is 8.86. The number of furan rings is 1. The van der Waals surface area contributed by atoms with Crippen molar-refractivity contribution in [3.05, 3.63) is 182 Å². The number of hydrogen-bond acceptors (Lipinski definition) is 2. The molecule has 0 saturated heterocycles. The summed E-state index contributed by atoms with van der Waals surface area (Å²) in [6.07, 6.45) is 0. The molecule has 0 amide bonds. The van der Waals surface area contributed by atoms with E-state index < -0.39 is 0 Å². The predicted octanol–water partition coefficient (Wildman–Crippen LogP) is 13.0. The molecule has 0 aliphatic rings. The standard InChI is InChI=1S/C46H30N2O/c1-3-14-31(15-4-1)32-16-11-20-35(28-32)47(42-25-12-17-33-29-40-37-22-8-10-27-44(37)49-45(40)30-39(33)42)43-26-13-23-38-36-21-7-9-24-41(36)48(46(38)43)34-18-5-2-6-19-34/h1-30H. The molecule has 10 aromatic rings. The van der Waals surface area contributed by atoms with E-state index in [1.165, 1.54) is 27.4 Å². The molecule has 3 nitrogen and oxygen atoms in total. The van der Waals surface area contributed by atoms with E-state index in [9.17, 15) is 0 Å². The Bertz CT molecular complexity index is 2830. The summed E-state index contributed by atoms with van der Waals surface area (Å²) in [5.74, 6) is 0. The van der Waals surface area contributed by atoms with Crippen LogP contribution in [0.15, 0.2) is 186 Å². The van der Waals surface area contributed by atoms with Crippen LogP contribution in [0.1, 0.15) is 0 Å². The summed E-state index contributed by atoms with van der Waals surface area (Å²) >= 11 is 0. The number of anilines is 3. The summed E-state index contributed by atoms with van der Waals surface area (Å²) in [6, 6.07) is 65.0. The zero-order valence-corrected chi connectivity index (χ0v) is 26.6. The van der Waals surface area contributed by atoms with Gasteiger partial charge in [0.15, 0.2) is 0 Å². The van der Waals surface area contributed by atoms with Gasteiger partial charge >= 0.3 is 0 Å². The summed E-state index contributed by atoms with van der Waals surface area (Å²) in [5.41, 5.74) is 10.9. The maximum Gasteiger partial charge on any atom is 0.136 e. The van der Waals surface area contributed by atoms with E-state index in [1.54, 1.807) is 0 Å². The van der Waals surface area contributed by atoms with Gasteiger partial charge < -0.3 is 13.9 Å². The highest BCUT2D eigenvalue weighted by atomic mass is 16.3. The lowest BCUT2D eigenvalue weighted by Gasteiger charge is -2.28. The van der Waals surface area contributed by atoms with Crippen molar-refractivity contribution >= 4 is 71.6 Å². The van der Waals surface area contributed by atoms with Crippen LogP contribution in [-0.4, -0.2) is 4.57 Å². The fourth-order valence-electron chi connectivity index (χ4n) is 7.56. The van der Waals surface area contributed by atoms with Crippen LogP contribution in [0.5, 0.6) is 0 Å². The van der Waals surface area contributed by atoms with Crippen LogP contribution in [0.25, 0.3) is 71.3 Å². The highest BCUT2D eigenvalue weighted by Gasteiger charge is 2.23. The van der Waals surface area contributed by atoms with Crippen molar-refractivity contribution in [1.29, 1.82) is 0 Å². The van der Waals surface area contributed by atoms with Gasteiger partial charge in [0.2, 0.25) is 0 Å². The van der Waals surface area contributed by atoms with Gasteiger partial charge in [-0.2, -0.15) is 0 Å². The average molecular weight is 627 g/mol. The van der Waals surface area contributed by atoms with Gasteiger partial charge in [0.1, 0.15) is 11.2 Å². The highest BCUT2D eigenvalue weighted by Crippen LogP contribution is 2.46. The largest absolute Gasteiger partial charge is 0.456 e. The number of nitrogens with zero attached hydrogens (tertiary/aromatic N) is 2. The minimum absolute atomic E-state index is 0.885. The summed E-state index contributed by atoms with van der Waals surface area (Å²) in [4.78, 5) is 2.43. The topological polar surface area (TPSA) is 21.3 Å². The molecule has 2 aromatic heterocycles. The molecule has 0 radical (unpaired) electrons. The van der Waals surface area contributed by atoms with E-state index in [0.717, 1.165) is 61.0 Å². The quantitative estimate of drug-likeness (QED) is 0.190. The van der Waals surface area contributed by atoms with E-state index >= 15 is 0 Å². The van der Waals surface area contributed by atoms with Crippen molar-refractivity contribution in [3.8, 4) is 16.8 Å². The van der Waals surface area contributed by atoms with E-state index in [4.69, 9.17) is 4.42 Å². The van der Waals surface area contributed by atoms with Crippen LogP contribution in [0.2, 0.25) is 0 Å². The molecule has 49 heavy (non-hydrogen) atoms.